The lowest BCUT2D eigenvalue weighted by atomic mass is 10.0. The monoisotopic (exact) mass is 373 g/mol. The summed E-state index contributed by atoms with van der Waals surface area (Å²) in [6.07, 6.45) is 4.08. The largest absolute Gasteiger partial charge is 0.348 e. The molecule has 2 saturated heterocycles. The molecule has 2 fully saturated rings. The summed E-state index contributed by atoms with van der Waals surface area (Å²) in [7, 11) is -2.85. The minimum atomic E-state index is -2.85. The van der Waals surface area contributed by atoms with Crippen molar-refractivity contribution in [3.05, 3.63) is 42.2 Å². The Labute approximate surface area is 153 Å². The van der Waals surface area contributed by atoms with E-state index in [-0.39, 0.29) is 23.7 Å². The number of rotatable bonds is 3. The Morgan fingerprint density at radius 1 is 1.12 bits per heavy atom. The summed E-state index contributed by atoms with van der Waals surface area (Å²) in [5, 5.41) is 4.98. The minimum absolute atomic E-state index is 0.109. The van der Waals surface area contributed by atoms with Crippen molar-refractivity contribution >= 4 is 26.5 Å². The van der Waals surface area contributed by atoms with Crippen LogP contribution in [0.25, 0.3) is 10.8 Å². The lowest BCUT2D eigenvalue weighted by Crippen LogP contribution is -2.48. The molecule has 1 aromatic carbocycles. The second-order valence-electron chi connectivity index (χ2n) is 7.22. The fourth-order valence-corrected chi connectivity index (χ4v) is 5.79. The van der Waals surface area contributed by atoms with Gasteiger partial charge in [0.15, 0.2) is 9.84 Å². The van der Waals surface area contributed by atoms with Crippen LogP contribution < -0.4 is 5.32 Å². The van der Waals surface area contributed by atoms with Crippen molar-refractivity contribution in [2.75, 3.05) is 24.6 Å². The standard InChI is InChI=1S/C19H23N3O3S/c23-19(18-17-4-2-1-3-14(17)5-9-20-18)21-15-6-10-22(11-7-15)16-8-12-26(24,25)13-16/h1-5,9,15-16H,6-8,10-13H2,(H,21,23)/t16-/m0/s1. The van der Waals surface area contributed by atoms with Crippen LogP contribution in [-0.2, 0) is 9.84 Å². The maximum absolute atomic E-state index is 12.7. The number of carbonyl (C=O) groups is 1. The molecule has 0 spiro atoms. The van der Waals surface area contributed by atoms with E-state index < -0.39 is 9.84 Å². The molecule has 1 amide bonds. The number of nitrogens with zero attached hydrogens (tertiary/aromatic N) is 2. The van der Waals surface area contributed by atoms with Gasteiger partial charge in [-0.25, -0.2) is 8.42 Å². The van der Waals surface area contributed by atoms with Gasteiger partial charge in [-0.2, -0.15) is 0 Å². The first-order chi connectivity index (χ1) is 12.5. The van der Waals surface area contributed by atoms with E-state index in [1.807, 2.05) is 30.3 Å². The van der Waals surface area contributed by atoms with E-state index in [0.29, 0.717) is 11.4 Å². The molecule has 26 heavy (non-hydrogen) atoms. The van der Waals surface area contributed by atoms with Crippen molar-refractivity contribution in [1.29, 1.82) is 0 Å². The van der Waals surface area contributed by atoms with Crippen molar-refractivity contribution in [3.63, 3.8) is 0 Å². The maximum Gasteiger partial charge on any atom is 0.270 e. The van der Waals surface area contributed by atoms with Crippen LogP contribution in [0.1, 0.15) is 29.8 Å². The third-order valence-corrected chi connectivity index (χ3v) is 7.23. The molecule has 0 bridgehead atoms. The SMILES string of the molecule is O=C(NC1CCN([C@H]2CCS(=O)(=O)C2)CC1)c1nccc2ccccc12. The molecule has 138 valence electrons. The molecule has 3 heterocycles. The Kier molecular flexibility index (Phi) is 4.67. The van der Waals surface area contributed by atoms with Crippen molar-refractivity contribution in [2.24, 2.45) is 0 Å². The van der Waals surface area contributed by atoms with Crippen LogP contribution in [0, 0.1) is 0 Å². The molecule has 1 aromatic heterocycles. The fraction of sp³-hybridized carbons (Fsp3) is 0.474. The fourth-order valence-electron chi connectivity index (χ4n) is 4.03. The van der Waals surface area contributed by atoms with E-state index in [1.54, 1.807) is 6.20 Å². The third-order valence-electron chi connectivity index (χ3n) is 5.48. The Morgan fingerprint density at radius 3 is 2.62 bits per heavy atom. The molecular formula is C19H23N3O3S. The first-order valence-electron chi connectivity index (χ1n) is 9.11. The predicted octanol–water partition coefficient (Wildman–Crippen LogP) is 1.62. The predicted molar refractivity (Wildman–Crippen MR) is 101 cm³/mol. The number of hydrogen-bond acceptors (Lipinski definition) is 5. The number of fused-ring (bicyclic) bond motifs is 1. The highest BCUT2D eigenvalue weighted by molar-refractivity contribution is 7.91. The third kappa shape index (κ3) is 3.59. The number of sulfone groups is 1. The van der Waals surface area contributed by atoms with Gasteiger partial charge in [-0.05, 0) is 30.7 Å². The van der Waals surface area contributed by atoms with E-state index in [0.717, 1.165) is 43.1 Å². The lowest BCUT2D eigenvalue weighted by Gasteiger charge is -2.35. The highest BCUT2D eigenvalue weighted by atomic mass is 32.2. The lowest BCUT2D eigenvalue weighted by molar-refractivity contribution is 0.0895. The summed E-state index contributed by atoms with van der Waals surface area (Å²) in [5.74, 6) is 0.453. The smallest absolute Gasteiger partial charge is 0.270 e. The molecular weight excluding hydrogens is 350 g/mol. The molecule has 0 aliphatic carbocycles. The minimum Gasteiger partial charge on any atom is -0.348 e. The molecule has 1 atom stereocenters. The van der Waals surface area contributed by atoms with Gasteiger partial charge < -0.3 is 5.32 Å². The van der Waals surface area contributed by atoms with Crippen LogP contribution >= 0.6 is 0 Å². The zero-order chi connectivity index (χ0) is 18.1. The zero-order valence-corrected chi connectivity index (χ0v) is 15.4. The molecule has 7 heteroatoms. The second kappa shape index (κ2) is 6.96. The highest BCUT2D eigenvalue weighted by Gasteiger charge is 2.34. The van der Waals surface area contributed by atoms with Gasteiger partial charge in [0.2, 0.25) is 0 Å². The number of likely N-dealkylation sites (tertiary alicyclic amines) is 1. The highest BCUT2D eigenvalue weighted by Crippen LogP contribution is 2.22. The van der Waals surface area contributed by atoms with Crippen molar-refractivity contribution in [3.8, 4) is 0 Å². The van der Waals surface area contributed by atoms with Gasteiger partial charge in [0.05, 0.1) is 11.5 Å². The van der Waals surface area contributed by atoms with Crippen LogP contribution in [0.4, 0.5) is 0 Å². The summed E-state index contributed by atoms with van der Waals surface area (Å²) in [6.45, 7) is 1.65. The van der Waals surface area contributed by atoms with Crippen molar-refractivity contribution in [1.82, 2.24) is 15.2 Å². The average molecular weight is 373 g/mol. The molecule has 2 aliphatic rings. The van der Waals surface area contributed by atoms with Crippen molar-refractivity contribution in [2.45, 2.75) is 31.3 Å². The number of piperidine rings is 1. The number of pyridine rings is 1. The Hall–Kier alpha value is -1.99. The van der Waals surface area contributed by atoms with E-state index in [9.17, 15) is 13.2 Å². The summed E-state index contributed by atoms with van der Waals surface area (Å²) in [5.41, 5.74) is 0.465. The molecule has 1 N–H and O–H groups in total. The Morgan fingerprint density at radius 2 is 1.88 bits per heavy atom. The zero-order valence-electron chi connectivity index (χ0n) is 14.6. The van der Waals surface area contributed by atoms with Gasteiger partial charge in [-0.3, -0.25) is 14.7 Å². The quantitative estimate of drug-likeness (QED) is 0.884. The number of carbonyl (C=O) groups excluding carboxylic acids is 1. The molecule has 0 saturated carbocycles. The van der Waals surface area contributed by atoms with E-state index in [1.165, 1.54) is 0 Å². The van der Waals surface area contributed by atoms with Crippen LogP contribution in [0.2, 0.25) is 0 Å². The number of amides is 1. The Bertz CT molecular complexity index is 915. The number of benzene rings is 1. The van der Waals surface area contributed by atoms with Crippen LogP contribution in [0.3, 0.4) is 0 Å². The number of aromatic nitrogens is 1. The van der Waals surface area contributed by atoms with Gasteiger partial charge in [0.1, 0.15) is 5.69 Å². The maximum atomic E-state index is 12.7. The molecule has 2 aromatic rings. The first kappa shape index (κ1) is 17.4. The van der Waals surface area contributed by atoms with Crippen LogP contribution in [0.15, 0.2) is 36.5 Å². The van der Waals surface area contributed by atoms with Gasteiger partial charge in [-0.15, -0.1) is 0 Å². The van der Waals surface area contributed by atoms with Gasteiger partial charge >= 0.3 is 0 Å². The first-order valence-corrected chi connectivity index (χ1v) is 10.9. The van der Waals surface area contributed by atoms with E-state index in [4.69, 9.17) is 0 Å². The summed E-state index contributed by atoms with van der Waals surface area (Å²) < 4.78 is 23.3. The molecule has 0 radical (unpaired) electrons. The van der Waals surface area contributed by atoms with E-state index >= 15 is 0 Å². The van der Waals surface area contributed by atoms with Crippen LogP contribution in [0.5, 0.6) is 0 Å². The van der Waals surface area contributed by atoms with Gasteiger partial charge in [0, 0.05) is 36.8 Å². The average Bonchev–Trinajstić information content (AvgIpc) is 3.01. The summed E-state index contributed by atoms with van der Waals surface area (Å²) in [6, 6.07) is 9.91. The summed E-state index contributed by atoms with van der Waals surface area (Å²) in [4.78, 5) is 19.2. The normalized spacial score (nSPS) is 23.9. The van der Waals surface area contributed by atoms with Gasteiger partial charge in [-0.1, -0.05) is 24.3 Å². The Balaban J connectivity index is 1.38. The van der Waals surface area contributed by atoms with Crippen LogP contribution in [-0.4, -0.2) is 60.9 Å². The van der Waals surface area contributed by atoms with E-state index in [2.05, 4.69) is 15.2 Å². The molecule has 0 unspecified atom stereocenters. The second-order valence-corrected chi connectivity index (χ2v) is 9.45. The van der Waals surface area contributed by atoms with Crippen molar-refractivity contribution < 1.29 is 13.2 Å². The van der Waals surface area contributed by atoms with Gasteiger partial charge in [0.25, 0.3) is 5.91 Å². The number of hydrogen-bond donors (Lipinski definition) is 1. The molecule has 6 nitrogen and oxygen atoms in total. The summed E-state index contributed by atoms with van der Waals surface area (Å²) >= 11 is 0. The topological polar surface area (TPSA) is 79.4 Å². The molecule has 4 rings (SSSR count). The molecule has 2 aliphatic heterocycles. The number of nitrogens with one attached hydrogen (secondary N) is 1.